The quantitative estimate of drug-likeness (QED) is 0.819. The Balaban J connectivity index is 1.90. The van der Waals surface area contributed by atoms with Crippen molar-refractivity contribution in [2.24, 2.45) is 0 Å². The zero-order chi connectivity index (χ0) is 15.3. The van der Waals surface area contributed by atoms with Gasteiger partial charge in [0.15, 0.2) is 5.16 Å². The minimum absolute atomic E-state index is 0.117. The highest BCUT2D eigenvalue weighted by atomic mass is 32.2. The second-order valence-electron chi connectivity index (χ2n) is 5.63. The Kier molecular flexibility index (Phi) is 5.25. The molecule has 0 amide bonds. The third kappa shape index (κ3) is 5.06. The van der Waals surface area contributed by atoms with Gasteiger partial charge in [0.05, 0.1) is 5.60 Å². The molecular weight excluding hydrogens is 284 g/mol. The summed E-state index contributed by atoms with van der Waals surface area (Å²) in [7, 11) is 1.75. The van der Waals surface area contributed by atoms with Crippen LogP contribution in [0.2, 0.25) is 0 Å². The molecule has 1 unspecified atom stereocenters. The average molecular weight is 306 g/mol. The van der Waals surface area contributed by atoms with Crippen LogP contribution in [0.15, 0.2) is 40.6 Å². The molecule has 1 aromatic carbocycles. The zero-order valence-corrected chi connectivity index (χ0v) is 13.7. The SMILES string of the molecule is COC(C)(C)CC(C)Nc1ccc(Sc2ncn[nH]2)cc1. The van der Waals surface area contributed by atoms with Crippen LogP contribution in [0.1, 0.15) is 27.2 Å². The largest absolute Gasteiger partial charge is 0.382 e. The number of methoxy groups -OCH3 is 1. The Morgan fingerprint density at radius 2 is 2.05 bits per heavy atom. The first-order chi connectivity index (χ1) is 9.98. The normalized spacial score (nSPS) is 13.1. The van der Waals surface area contributed by atoms with Gasteiger partial charge in [-0.15, -0.1) is 0 Å². The molecule has 0 aliphatic carbocycles. The van der Waals surface area contributed by atoms with Gasteiger partial charge >= 0.3 is 0 Å². The number of benzene rings is 1. The zero-order valence-electron chi connectivity index (χ0n) is 12.9. The molecule has 1 atom stereocenters. The number of aromatic nitrogens is 3. The fraction of sp³-hybridized carbons (Fsp3) is 0.467. The topological polar surface area (TPSA) is 62.8 Å². The van der Waals surface area contributed by atoms with E-state index in [9.17, 15) is 0 Å². The van der Waals surface area contributed by atoms with Gasteiger partial charge in [0.1, 0.15) is 6.33 Å². The molecule has 2 N–H and O–H groups in total. The molecule has 6 heteroatoms. The molecule has 0 bridgehead atoms. The molecule has 0 aliphatic rings. The van der Waals surface area contributed by atoms with Crippen molar-refractivity contribution in [3.8, 4) is 0 Å². The lowest BCUT2D eigenvalue weighted by atomic mass is 10.00. The lowest BCUT2D eigenvalue weighted by molar-refractivity contribution is 0.0128. The highest BCUT2D eigenvalue weighted by Gasteiger charge is 2.19. The first-order valence-electron chi connectivity index (χ1n) is 6.93. The smallest absolute Gasteiger partial charge is 0.188 e. The summed E-state index contributed by atoms with van der Waals surface area (Å²) < 4.78 is 5.46. The van der Waals surface area contributed by atoms with E-state index in [2.05, 4.69) is 65.5 Å². The van der Waals surface area contributed by atoms with Gasteiger partial charge < -0.3 is 10.1 Å². The number of nitrogens with one attached hydrogen (secondary N) is 2. The van der Waals surface area contributed by atoms with Gasteiger partial charge in [-0.05, 0) is 51.5 Å². The van der Waals surface area contributed by atoms with E-state index in [1.165, 1.54) is 6.33 Å². The highest BCUT2D eigenvalue weighted by molar-refractivity contribution is 7.99. The monoisotopic (exact) mass is 306 g/mol. The molecule has 114 valence electrons. The summed E-state index contributed by atoms with van der Waals surface area (Å²) in [6, 6.07) is 8.64. The van der Waals surface area contributed by atoms with Crippen LogP contribution in [0, 0.1) is 0 Å². The van der Waals surface area contributed by atoms with Crippen LogP contribution < -0.4 is 5.32 Å². The van der Waals surface area contributed by atoms with Crippen molar-refractivity contribution in [3.63, 3.8) is 0 Å². The predicted molar refractivity (Wildman–Crippen MR) is 85.7 cm³/mol. The van der Waals surface area contributed by atoms with Crippen LogP contribution in [0.25, 0.3) is 0 Å². The van der Waals surface area contributed by atoms with Crippen molar-refractivity contribution < 1.29 is 4.74 Å². The van der Waals surface area contributed by atoms with E-state index in [1.807, 2.05) is 0 Å². The van der Waals surface area contributed by atoms with Crippen LogP contribution in [-0.4, -0.2) is 33.9 Å². The van der Waals surface area contributed by atoms with E-state index in [4.69, 9.17) is 4.74 Å². The number of hydrogen-bond acceptors (Lipinski definition) is 5. The Hall–Kier alpha value is -1.53. The molecule has 0 radical (unpaired) electrons. The molecule has 0 saturated heterocycles. The van der Waals surface area contributed by atoms with Gasteiger partial charge in [-0.1, -0.05) is 11.8 Å². The molecular formula is C15H22N4OS. The molecule has 0 fully saturated rings. The van der Waals surface area contributed by atoms with Crippen molar-refractivity contribution in [1.29, 1.82) is 0 Å². The molecule has 21 heavy (non-hydrogen) atoms. The summed E-state index contributed by atoms with van der Waals surface area (Å²) in [6.45, 7) is 6.36. The Morgan fingerprint density at radius 3 is 2.62 bits per heavy atom. The van der Waals surface area contributed by atoms with E-state index >= 15 is 0 Å². The Labute approximate surface area is 129 Å². The molecule has 2 rings (SSSR count). The first-order valence-corrected chi connectivity index (χ1v) is 7.75. The summed E-state index contributed by atoms with van der Waals surface area (Å²) in [5.74, 6) is 0. The van der Waals surface area contributed by atoms with E-state index in [0.29, 0.717) is 6.04 Å². The summed E-state index contributed by atoms with van der Waals surface area (Å²) >= 11 is 1.56. The van der Waals surface area contributed by atoms with Crippen molar-refractivity contribution in [3.05, 3.63) is 30.6 Å². The summed E-state index contributed by atoms with van der Waals surface area (Å²) in [4.78, 5) is 5.23. The van der Waals surface area contributed by atoms with Crippen molar-refractivity contribution in [1.82, 2.24) is 15.2 Å². The fourth-order valence-corrected chi connectivity index (χ4v) is 2.82. The van der Waals surface area contributed by atoms with Gasteiger partial charge in [0.25, 0.3) is 0 Å². The maximum Gasteiger partial charge on any atom is 0.188 e. The van der Waals surface area contributed by atoms with E-state index in [-0.39, 0.29) is 5.60 Å². The minimum Gasteiger partial charge on any atom is -0.382 e. The van der Waals surface area contributed by atoms with Gasteiger partial charge in [-0.2, -0.15) is 5.10 Å². The maximum atomic E-state index is 5.46. The molecule has 0 aliphatic heterocycles. The number of H-pyrrole nitrogens is 1. The standard InChI is InChI=1S/C15H22N4OS/c1-11(9-15(2,3)20-4)18-12-5-7-13(8-6-12)21-14-16-10-17-19-14/h5-8,10-11,18H,9H2,1-4H3,(H,16,17,19). The molecule has 0 spiro atoms. The van der Waals surface area contributed by atoms with Gasteiger partial charge in [0, 0.05) is 23.7 Å². The number of hydrogen-bond donors (Lipinski definition) is 2. The number of aromatic amines is 1. The number of anilines is 1. The van der Waals surface area contributed by atoms with Crippen molar-refractivity contribution in [2.45, 2.75) is 48.9 Å². The Bertz CT molecular complexity index is 539. The van der Waals surface area contributed by atoms with Crippen LogP contribution in [0.4, 0.5) is 5.69 Å². The van der Waals surface area contributed by atoms with Crippen LogP contribution >= 0.6 is 11.8 Å². The third-order valence-electron chi connectivity index (χ3n) is 3.23. The average Bonchev–Trinajstić information content (AvgIpc) is 2.93. The van der Waals surface area contributed by atoms with Gasteiger partial charge in [-0.25, -0.2) is 4.98 Å². The molecule has 1 aromatic heterocycles. The Morgan fingerprint density at radius 1 is 1.33 bits per heavy atom. The van der Waals surface area contributed by atoms with E-state index < -0.39 is 0 Å². The summed E-state index contributed by atoms with van der Waals surface area (Å²) in [6.07, 6.45) is 2.45. The van der Waals surface area contributed by atoms with Crippen LogP contribution in [0.3, 0.4) is 0 Å². The summed E-state index contributed by atoms with van der Waals surface area (Å²) in [5, 5.41) is 11.0. The molecule has 5 nitrogen and oxygen atoms in total. The number of rotatable bonds is 7. The van der Waals surface area contributed by atoms with Gasteiger partial charge in [0.2, 0.25) is 0 Å². The van der Waals surface area contributed by atoms with E-state index in [1.54, 1.807) is 18.9 Å². The van der Waals surface area contributed by atoms with Crippen LogP contribution in [0.5, 0.6) is 0 Å². The molecule has 0 saturated carbocycles. The maximum absolute atomic E-state index is 5.46. The first kappa shape index (κ1) is 15.9. The van der Waals surface area contributed by atoms with Crippen molar-refractivity contribution >= 4 is 17.4 Å². The number of ether oxygens (including phenoxy) is 1. The second-order valence-corrected chi connectivity index (χ2v) is 6.69. The second kappa shape index (κ2) is 6.95. The lowest BCUT2D eigenvalue weighted by Crippen LogP contribution is -2.31. The number of nitrogens with zero attached hydrogens (tertiary/aromatic N) is 2. The van der Waals surface area contributed by atoms with Gasteiger partial charge in [-0.3, -0.25) is 5.10 Å². The van der Waals surface area contributed by atoms with Crippen molar-refractivity contribution in [2.75, 3.05) is 12.4 Å². The molecule has 2 aromatic rings. The highest BCUT2D eigenvalue weighted by Crippen LogP contribution is 2.26. The molecule has 1 heterocycles. The lowest BCUT2D eigenvalue weighted by Gasteiger charge is -2.27. The summed E-state index contributed by atoms with van der Waals surface area (Å²) in [5.41, 5.74) is 0.991. The van der Waals surface area contributed by atoms with E-state index in [0.717, 1.165) is 22.2 Å². The predicted octanol–water partition coefficient (Wildman–Crippen LogP) is 3.57. The third-order valence-corrected chi connectivity index (χ3v) is 4.12. The van der Waals surface area contributed by atoms with Crippen LogP contribution in [-0.2, 0) is 4.74 Å². The fourth-order valence-electron chi connectivity index (χ4n) is 2.13. The minimum atomic E-state index is -0.117.